The Balaban J connectivity index is 1.98. The van der Waals surface area contributed by atoms with Crippen molar-refractivity contribution < 1.29 is 4.79 Å². The smallest absolute Gasteiger partial charge is 0.224 e. The molecule has 3 N–H and O–H groups in total. The second-order valence-electron chi connectivity index (χ2n) is 5.12. The summed E-state index contributed by atoms with van der Waals surface area (Å²) in [6.07, 6.45) is 2.10. The number of hydrogen-bond donors (Lipinski definition) is 2. The Morgan fingerprint density at radius 1 is 1.48 bits per heavy atom. The molecule has 0 fully saturated rings. The fourth-order valence-corrected chi connectivity index (χ4v) is 2.02. The monoisotopic (exact) mass is 288 g/mol. The molecule has 112 valence electrons. The maximum Gasteiger partial charge on any atom is 0.224 e. The fourth-order valence-electron chi connectivity index (χ4n) is 2.02. The van der Waals surface area contributed by atoms with Gasteiger partial charge in [-0.15, -0.1) is 5.10 Å². The second kappa shape index (κ2) is 6.94. The molecule has 1 atom stereocenters. The predicted molar refractivity (Wildman–Crippen MR) is 80.4 cm³/mol. The summed E-state index contributed by atoms with van der Waals surface area (Å²) >= 11 is 0. The van der Waals surface area contributed by atoms with Gasteiger partial charge >= 0.3 is 0 Å². The van der Waals surface area contributed by atoms with Gasteiger partial charge in [0.25, 0.3) is 0 Å². The van der Waals surface area contributed by atoms with E-state index in [0.717, 1.165) is 24.1 Å². The topological polar surface area (TPSA) is 98.7 Å². The number of aryl methyl sites for hydroxylation is 1. The van der Waals surface area contributed by atoms with Gasteiger partial charge in [0.2, 0.25) is 5.91 Å². The van der Waals surface area contributed by atoms with Crippen LogP contribution in [0.2, 0.25) is 0 Å². The van der Waals surface area contributed by atoms with E-state index < -0.39 is 0 Å². The molecule has 0 saturated carbocycles. The van der Waals surface area contributed by atoms with Gasteiger partial charge in [0, 0.05) is 30.8 Å². The minimum absolute atomic E-state index is 0.0103. The normalized spacial score (nSPS) is 12.1. The van der Waals surface area contributed by atoms with Crippen molar-refractivity contribution >= 4 is 11.6 Å². The third-order valence-corrected chi connectivity index (χ3v) is 3.09. The summed E-state index contributed by atoms with van der Waals surface area (Å²) in [5, 5.41) is 14.2. The number of tetrazole rings is 1. The Bertz CT molecular complexity index is 607. The molecule has 0 aliphatic carbocycles. The lowest BCUT2D eigenvalue weighted by molar-refractivity contribution is -0.116. The molecule has 0 saturated heterocycles. The predicted octanol–water partition coefficient (Wildman–Crippen LogP) is 1.33. The Kier molecular flexibility index (Phi) is 4.99. The SMILES string of the molecule is CC(N)CCCC(=O)Nc1cccc(-c2nnnn2C)c1. The van der Waals surface area contributed by atoms with Crippen molar-refractivity contribution in [3.8, 4) is 11.4 Å². The summed E-state index contributed by atoms with van der Waals surface area (Å²) in [7, 11) is 1.77. The lowest BCUT2D eigenvalue weighted by Gasteiger charge is -2.08. The molecule has 1 amide bonds. The molecule has 0 spiro atoms. The average Bonchev–Trinajstić information content (AvgIpc) is 2.85. The Hall–Kier alpha value is -2.28. The number of aromatic nitrogens is 4. The summed E-state index contributed by atoms with van der Waals surface area (Å²) in [4.78, 5) is 11.9. The minimum atomic E-state index is -0.0103. The van der Waals surface area contributed by atoms with Crippen molar-refractivity contribution in [3.05, 3.63) is 24.3 Å². The van der Waals surface area contributed by atoms with Crippen LogP contribution < -0.4 is 11.1 Å². The zero-order valence-corrected chi connectivity index (χ0v) is 12.3. The Labute approximate surface area is 123 Å². The van der Waals surface area contributed by atoms with Gasteiger partial charge < -0.3 is 11.1 Å². The first-order valence-electron chi connectivity index (χ1n) is 6.94. The van der Waals surface area contributed by atoms with Crippen LogP contribution in [0.4, 0.5) is 5.69 Å². The Morgan fingerprint density at radius 3 is 2.95 bits per heavy atom. The summed E-state index contributed by atoms with van der Waals surface area (Å²) in [5.74, 6) is 0.645. The number of nitrogens with one attached hydrogen (secondary N) is 1. The highest BCUT2D eigenvalue weighted by Crippen LogP contribution is 2.19. The molecule has 7 heteroatoms. The van der Waals surface area contributed by atoms with E-state index in [1.165, 1.54) is 0 Å². The van der Waals surface area contributed by atoms with Crippen LogP contribution in [0.3, 0.4) is 0 Å². The molecule has 0 bridgehead atoms. The number of carbonyl (C=O) groups is 1. The summed E-state index contributed by atoms with van der Waals surface area (Å²) < 4.78 is 1.59. The van der Waals surface area contributed by atoms with Crippen molar-refractivity contribution in [1.29, 1.82) is 0 Å². The van der Waals surface area contributed by atoms with E-state index in [1.807, 2.05) is 31.2 Å². The number of hydrogen-bond acceptors (Lipinski definition) is 5. The zero-order chi connectivity index (χ0) is 15.2. The van der Waals surface area contributed by atoms with Gasteiger partial charge in [-0.25, -0.2) is 4.68 Å². The number of rotatable bonds is 6. The summed E-state index contributed by atoms with van der Waals surface area (Å²) in [6, 6.07) is 7.59. The second-order valence-corrected chi connectivity index (χ2v) is 5.12. The van der Waals surface area contributed by atoms with Gasteiger partial charge in [-0.3, -0.25) is 4.79 Å². The van der Waals surface area contributed by atoms with Gasteiger partial charge in [-0.2, -0.15) is 0 Å². The van der Waals surface area contributed by atoms with Gasteiger partial charge in [0.05, 0.1) is 0 Å². The van der Waals surface area contributed by atoms with Crippen LogP contribution in [0.5, 0.6) is 0 Å². The molecule has 0 aliphatic heterocycles. The van der Waals surface area contributed by atoms with Gasteiger partial charge in [-0.05, 0) is 42.3 Å². The molecule has 7 nitrogen and oxygen atoms in total. The lowest BCUT2D eigenvalue weighted by atomic mass is 10.1. The summed E-state index contributed by atoms with van der Waals surface area (Å²) in [6.45, 7) is 1.94. The summed E-state index contributed by atoms with van der Waals surface area (Å²) in [5.41, 5.74) is 7.26. The lowest BCUT2D eigenvalue weighted by Crippen LogP contribution is -2.16. The van der Waals surface area contributed by atoms with Crippen molar-refractivity contribution in [3.63, 3.8) is 0 Å². The van der Waals surface area contributed by atoms with E-state index in [2.05, 4.69) is 20.8 Å². The molecule has 0 radical (unpaired) electrons. The molecule has 1 aromatic carbocycles. The number of nitrogens with zero attached hydrogens (tertiary/aromatic N) is 4. The third kappa shape index (κ3) is 4.35. The van der Waals surface area contributed by atoms with Gasteiger partial charge in [0.1, 0.15) is 0 Å². The molecular weight excluding hydrogens is 268 g/mol. The first-order valence-corrected chi connectivity index (χ1v) is 6.94. The molecule has 21 heavy (non-hydrogen) atoms. The average molecular weight is 288 g/mol. The molecule has 2 aromatic rings. The van der Waals surface area contributed by atoms with Crippen LogP contribution >= 0.6 is 0 Å². The highest BCUT2D eigenvalue weighted by molar-refractivity contribution is 5.91. The minimum Gasteiger partial charge on any atom is -0.328 e. The molecule has 2 rings (SSSR count). The number of benzene rings is 1. The molecule has 0 aliphatic rings. The van der Waals surface area contributed by atoms with Crippen molar-refractivity contribution in [2.24, 2.45) is 12.8 Å². The number of carbonyl (C=O) groups excluding carboxylic acids is 1. The van der Waals surface area contributed by atoms with Crippen LogP contribution in [0.25, 0.3) is 11.4 Å². The Morgan fingerprint density at radius 2 is 2.29 bits per heavy atom. The standard InChI is InChI=1S/C14H20N6O/c1-10(15)5-3-8-13(21)16-12-7-4-6-11(9-12)14-17-18-19-20(14)2/h4,6-7,9-10H,3,5,8,15H2,1-2H3,(H,16,21). The highest BCUT2D eigenvalue weighted by atomic mass is 16.1. The van der Waals surface area contributed by atoms with Gasteiger partial charge in [-0.1, -0.05) is 12.1 Å². The van der Waals surface area contributed by atoms with Crippen LogP contribution in [0.15, 0.2) is 24.3 Å². The molecule has 1 unspecified atom stereocenters. The van der Waals surface area contributed by atoms with Crippen LogP contribution in [-0.4, -0.2) is 32.2 Å². The fraction of sp³-hybridized carbons (Fsp3) is 0.429. The van der Waals surface area contributed by atoms with Crippen molar-refractivity contribution in [1.82, 2.24) is 20.2 Å². The van der Waals surface area contributed by atoms with Crippen molar-refractivity contribution in [2.45, 2.75) is 32.2 Å². The highest BCUT2D eigenvalue weighted by Gasteiger charge is 2.08. The largest absolute Gasteiger partial charge is 0.328 e. The quantitative estimate of drug-likeness (QED) is 0.835. The van der Waals surface area contributed by atoms with E-state index in [0.29, 0.717) is 12.2 Å². The van der Waals surface area contributed by atoms with E-state index in [9.17, 15) is 4.79 Å². The first-order chi connectivity index (χ1) is 10.1. The van der Waals surface area contributed by atoms with E-state index in [1.54, 1.807) is 11.7 Å². The van der Waals surface area contributed by atoms with E-state index >= 15 is 0 Å². The van der Waals surface area contributed by atoms with Gasteiger partial charge in [0.15, 0.2) is 5.82 Å². The van der Waals surface area contributed by atoms with Crippen LogP contribution in [0, 0.1) is 0 Å². The zero-order valence-electron chi connectivity index (χ0n) is 12.3. The van der Waals surface area contributed by atoms with Crippen molar-refractivity contribution in [2.75, 3.05) is 5.32 Å². The maximum atomic E-state index is 11.9. The first kappa shape index (κ1) is 15.1. The van der Waals surface area contributed by atoms with Crippen LogP contribution in [0.1, 0.15) is 26.2 Å². The number of amides is 1. The number of anilines is 1. The molecule has 1 heterocycles. The molecule has 1 aromatic heterocycles. The maximum absolute atomic E-state index is 11.9. The van der Waals surface area contributed by atoms with E-state index in [4.69, 9.17) is 5.73 Å². The third-order valence-electron chi connectivity index (χ3n) is 3.09. The van der Waals surface area contributed by atoms with E-state index in [-0.39, 0.29) is 11.9 Å². The number of nitrogens with two attached hydrogens (primary N) is 1. The van der Waals surface area contributed by atoms with Crippen LogP contribution in [-0.2, 0) is 11.8 Å². The molecular formula is C14H20N6O.